The Morgan fingerprint density at radius 2 is 2.06 bits per heavy atom. The summed E-state index contributed by atoms with van der Waals surface area (Å²) < 4.78 is 0. The Balaban J connectivity index is 0.000000686. The molecule has 0 spiro atoms. The molecular weight excluding hydrogens is 214 g/mol. The van der Waals surface area contributed by atoms with Gasteiger partial charge in [0.2, 0.25) is 0 Å². The van der Waals surface area contributed by atoms with E-state index in [1.165, 1.54) is 11.9 Å². The van der Waals surface area contributed by atoms with Gasteiger partial charge in [-0.3, -0.25) is 10.9 Å². The largest absolute Gasteiger partial charge is 0.326 e. The number of hydrogen-bond donors (Lipinski definition) is 3. The van der Waals surface area contributed by atoms with Crippen LogP contribution in [0, 0.1) is 6.92 Å². The minimum absolute atomic E-state index is 0.531. The second kappa shape index (κ2) is 6.65. The van der Waals surface area contributed by atoms with Crippen LogP contribution in [0.25, 0.3) is 0 Å². The van der Waals surface area contributed by atoms with Gasteiger partial charge in [-0.2, -0.15) is 10.2 Å². The topological polar surface area (TPSA) is 74.8 Å². The molecule has 0 radical (unpaired) electrons. The van der Waals surface area contributed by atoms with Crippen molar-refractivity contribution in [3.63, 3.8) is 0 Å². The van der Waals surface area contributed by atoms with Gasteiger partial charge in [0, 0.05) is 12.1 Å². The SMILES string of the molecule is CC.Cc1ccc(C2=NNC=NN2)cc1CN. The maximum atomic E-state index is 5.64. The van der Waals surface area contributed by atoms with Gasteiger partial charge in [-0.1, -0.05) is 26.0 Å². The first kappa shape index (κ1) is 13.2. The summed E-state index contributed by atoms with van der Waals surface area (Å²) in [6.45, 7) is 6.57. The summed E-state index contributed by atoms with van der Waals surface area (Å²) in [6.07, 6.45) is 1.49. The number of hydrazone groups is 2. The van der Waals surface area contributed by atoms with Gasteiger partial charge in [0.1, 0.15) is 6.34 Å². The molecule has 92 valence electrons. The standard InChI is InChI=1S/C10H13N5.C2H6/c1-7-2-3-8(4-9(7)5-11)10-14-12-6-13-15-10;1-2/h2-4,6H,5,11H2,1H3,(H,12,13)(H,14,15);1-2H3. The van der Waals surface area contributed by atoms with Gasteiger partial charge in [-0.15, -0.1) is 0 Å². The van der Waals surface area contributed by atoms with Gasteiger partial charge in [0.05, 0.1) is 0 Å². The summed E-state index contributed by atoms with van der Waals surface area (Å²) in [4.78, 5) is 0. The first-order chi connectivity index (χ1) is 8.31. The molecule has 5 nitrogen and oxygen atoms in total. The third-order valence-corrected chi connectivity index (χ3v) is 2.31. The Kier molecular flexibility index (Phi) is 5.16. The van der Waals surface area contributed by atoms with E-state index < -0.39 is 0 Å². The molecule has 1 aromatic carbocycles. The van der Waals surface area contributed by atoms with Gasteiger partial charge >= 0.3 is 0 Å². The number of nitrogens with one attached hydrogen (secondary N) is 2. The number of rotatable bonds is 2. The van der Waals surface area contributed by atoms with E-state index in [0.717, 1.165) is 11.1 Å². The van der Waals surface area contributed by atoms with Crippen molar-refractivity contribution in [3.05, 3.63) is 34.9 Å². The van der Waals surface area contributed by atoms with Crippen molar-refractivity contribution in [1.82, 2.24) is 10.9 Å². The van der Waals surface area contributed by atoms with Gasteiger partial charge in [0.25, 0.3) is 0 Å². The molecule has 0 saturated heterocycles. The average Bonchev–Trinajstić information content (AvgIpc) is 2.42. The maximum absolute atomic E-state index is 5.64. The highest BCUT2D eigenvalue weighted by Gasteiger charge is 2.06. The number of benzene rings is 1. The zero-order chi connectivity index (χ0) is 12.7. The molecule has 17 heavy (non-hydrogen) atoms. The molecule has 0 unspecified atom stereocenters. The fraction of sp³-hybridized carbons (Fsp3) is 0.333. The summed E-state index contributed by atoms with van der Waals surface area (Å²) >= 11 is 0. The Hall–Kier alpha value is -1.88. The molecule has 0 amide bonds. The number of aryl methyl sites for hydroxylation is 1. The van der Waals surface area contributed by atoms with Crippen molar-refractivity contribution in [2.24, 2.45) is 15.9 Å². The van der Waals surface area contributed by atoms with Crippen LogP contribution < -0.4 is 16.6 Å². The quantitative estimate of drug-likeness (QED) is 0.720. The van der Waals surface area contributed by atoms with Crippen LogP contribution in [0.4, 0.5) is 0 Å². The molecule has 0 bridgehead atoms. The zero-order valence-corrected chi connectivity index (χ0v) is 10.5. The van der Waals surface area contributed by atoms with Crippen molar-refractivity contribution in [2.75, 3.05) is 0 Å². The lowest BCUT2D eigenvalue weighted by atomic mass is 10.0. The van der Waals surface area contributed by atoms with Crippen LogP contribution in [-0.4, -0.2) is 12.2 Å². The van der Waals surface area contributed by atoms with E-state index in [4.69, 9.17) is 5.73 Å². The number of amidine groups is 1. The fourth-order valence-electron chi connectivity index (χ4n) is 1.41. The van der Waals surface area contributed by atoms with Gasteiger partial charge in [-0.25, -0.2) is 0 Å². The second-order valence-corrected chi connectivity index (χ2v) is 3.30. The minimum atomic E-state index is 0.531. The van der Waals surface area contributed by atoms with E-state index in [2.05, 4.69) is 21.1 Å². The lowest BCUT2D eigenvalue weighted by molar-refractivity contribution is 0.904. The Labute approximate surface area is 102 Å². The first-order valence-corrected chi connectivity index (χ1v) is 5.72. The van der Waals surface area contributed by atoms with Gasteiger partial charge in [0.15, 0.2) is 5.84 Å². The molecule has 1 aliphatic rings. The molecule has 0 aliphatic carbocycles. The van der Waals surface area contributed by atoms with Crippen molar-refractivity contribution < 1.29 is 0 Å². The number of nitrogens with zero attached hydrogens (tertiary/aromatic N) is 2. The van der Waals surface area contributed by atoms with Crippen molar-refractivity contribution in [2.45, 2.75) is 27.3 Å². The first-order valence-electron chi connectivity index (χ1n) is 5.72. The molecule has 2 rings (SSSR count). The molecule has 4 N–H and O–H groups in total. The fourth-order valence-corrected chi connectivity index (χ4v) is 1.41. The van der Waals surface area contributed by atoms with Crippen molar-refractivity contribution in [1.29, 1.82) is 0 Å². The molecular formula is C12H19N5. The summed E-state index contributed by atoms with van der Waals surface area (Å²) in [7, 11) is 0. The van der Waals surface area contributed by atoms with Crippen molar-refractivity contribution >= 4 is 12.2 Å². The van der Waals surface area contributed by atoms with E-state index >= 15 is 0 Å². The molecule has 1 aliphatic heterocycles. The number of nitrogens with two attached hydrogens (primary N) is 1. The molecule has 5 heteroatoms. The Morgan fingerprint density at radius 3 is 2.65 bits per heavy atom. The Morgan fingerprint density at radius 1 is 1.29 bits per heavy atom. The van der Waals surface area contributed by atoms with Crippen LogP contribution in [0.2, 0.25) is 0 Å². The summed E-state index contributed by atoms with van der Waals surface area (Å²) in [5, 5.41) is 7.93. The molecule has 0 aromatic heterocycles. The van der Waals surface area contributed by atoms with Crippen LogP contribution in [0.5, 0.6) is 0 Å². The lowest BCUT2D eigenvalue weighted by Gasteiger charge is -2.11. The summed E-state index contributed by atoms with van der Waals surface area (Å²) in [6, 6.07) is 6.03. The zero-order valence-electron chi connectivity index (χ0n) is 10.5. The average molecular weight is 233 g/mol. The highest BCUT2D eigenvalue weighted by Crippen LogP contribution is 2.11. The smallest absolute Gasteiger partial charge is 0.173 e. The summed E-state index contributed by atoms with van der Waals surface area (Å²) in [5.74, 6) is 0.701. The highest BCUT2D eigenvalue weighted by atomic mass is 15.5. The van der Waals surface area contributed by atoms with Crippen LogP contribution in [0.3, 0.4) is 0 Å². The normalized spacial score (nSPS) is 12.8. The van der Waals surface area contributed by atoms with Crippen molar-refractivity contribution in [3.8, 4) is 0 Å². The lowest BCUT2D eigenvalue weighted by Crippen LogP contribution is -2.28. The highest BCUT2D eigenvalue weighted by molar-refractivity contribution is 6.00. The van der Waals surface area contributed by atoms with E-state index in [9.17, 15) is 0 Å². The predicted octanol–water partition coefficient (Wildman–Crippen LogP) is 1.28. The van der Waals surface area contributed by atoms with Gasteiger partial charge in [-0.05, 0) is 24.1 Å². The molecule has 0 atom stereocenters. The van der Waals surface area contributed by atoms with Crippen LogP contribution >= 0.6 is 0 Å². The second-order valence-electron chi connectivity index (χ2n) is 3.30. The van der Waals surface area contributed by atoms with E-state index in [1.54, 1.807) is 0 Å². The molecule has 0 fully saturated rings. The van der Waals surface area contributed by atoms with Crippen LogP contribution in [0.15, 0.2) is 28.4 Å². The van der Waals surface area contributed by atoms with Crippen LogP contribution in [0.1, 0.15) is 30.5 Å². The maximum Gasteiger partial charge on any atom is 0.173 e. The Bertz CT molecular complexity index is 423. The predicted molar refractivity (Wildman–Crippen MR) is 71.7 cm³/mol. The monoisotopic (exact) mass is 233 g/mol. The molecule has 1 aromatic rings. The minimum Gasteiger partial charge on any atom is -0.326 e. The van der Waals surface area contributed by atoms with E-state index in [1.807, 2.05) is 39.0 Å². The third kappa shape index (κ3) is 3.29. The number of hydrogen-bond acceptors (Lipinski definition) is 5. The van der Waals surface area contributed by atoms with E-state index in [-0.39, 0.29) is 0 Å². The molecule has 0 saturated carbocycles. The summed E-state index contributed by atoms with van der Waals surface area (Å²) in [5.41, 5.74) is 14.4. The third-order valence-electron chi connectivity index (χ3n) is 2.31. The van der Waals surface area contributed by atoms with Crippen LogP contribution in [-0.2, 0) is 6.54 Å². The van der Waals surface area contributed by atoms with E-state index in [0.29, 0.717) is 12.4 Å². The van der Waals surface area contributed by atoms with Gasteiger partial charge < -0.3 is 5.73 Å². The molecule has 1 heterocycles.